The summed E-state index contributed by atoms with van der Waals surface area (Å²) in [7, 11) is 0. The summed E-state index contributed by atoms with van der Waals surface area (Å²) in [5, 5.41) is 7.47. The molecule has 0 aliphatic rings. The lowest BCUT2D eigenvalue weighted by Gasteiger charge is -2.18. The lowest BCUT2D eigenvalue weighted by Crippen LogP contribution is -1.90. The van der Waals surface area contributed by atoms with Gasteiger partial charge in [0.25, 0.3) is 0 Å². The lowest BCUT2D eigenvalue weighted by molar-refractivity contribution is 0.670. The van der Waals surface area contributed by atoms with Crippen LogP contribution in [0.3, 0.4) is 0 Å². The summed E-state index contributed by atoms with van der Waals surface area (Å²) in [6, 6.07) is 50.8. The van der Waals surface area contributed by atoms with Crippen LogP contribution in [-0.2, 0) is 0 Å². The maximum absolute atomic E-state index is 9.71. The summed E-state index contributed by atoms with van der Waals surface area (Å²) >= 11 is 0. The Hall–Kier alpha value is -6.96. The maximum Gasteiger partial charge on any atom is 0.143 e. The Bertz CT molecular complexity index is 3510. The van der Waals surface area contributed by atoms with Gasteiger partial charge in [-0.15, -0.1) is 0 Å². The molecule has 0 amide bonds. The second-order valence-electron chi connectivity index (χ2n) is 13.5. The highest BCUT2D eigenvalue weighted by atomic mass is 16.3. The Kier molecular flexibility index (Phi) is 5.40. The van der Waals surface area contributed by atoms with E-state index in [1.807, 2.05) is 109 Å². The molecule has 0 bridgehead atoms. The molecule has 0 aliphatic heterocycles. The Morgan fingerprint density at radius 2 is 0.887 bits per heavy atom. The van der Waals surface area contributed by atoms with Crippen LogP contribution in [0.25, 0.3) is 110 Å². The van der Waals surface area contributed by atoms with Crippen molar-refractivity contribution in [2.24, 2.45) is 0 Å². The average molecular weight is 679 g/mol. The largest absolute Gasteiger partial charge is 0.455 e. The number of furan rings is 1. The molecule has 0 aliphatic carbocycles. The van der Waals surface area contributed by atoms with E-state index in [-0.39, 0.29) is 58.2 Å². The van der Waals surface area contributed by atoms with Crippen LogP contribution in [0.5, 0.6) is 0 Å². The van der Waals surface area contributed by atoms with Crippen LogP contribution in [0.4, 0.5) is 0 Å². The van der Waals surface area contributed by atoms with Crippen LogP contribution >= 0.6 is 0 Å². The van der Waals surface area contributed by atoms with Crippen molar-refractivity contribution in [3.8, 4) is 44.5 Å². The quantitative estimate of drug-likeness (QED) is 0.169. The molecule has 11 rings (SSSR count). The third kappa shape index (κ3) is 4.71. The number of rotatable bonds is 4. The molecule has 0 spiro atoms. The predicted molar refractivity (Wildman–Crippen MR) is 225 cm³/mol. The summed E-state index contributed by atoms with van der Waals surface area (Å²) in [4.78, 5) is 0. The topological polar surface area (TPSA) is 13.1 Å². The minimum atomic E-state index is -0.254. The van der Waals surface area contributed by atoms with Crippen LogP contribution in [0, 0.1) is 0 Å². The first-order valence-electron chi connectivity index (χ1n) is 20.8. The second kappa shape index (κ2) is 11.8. The zero-order valence-electron chi connectivity index (χ0n) is 34.4. The van der Waals surface area contributed by atoms with E-state index in [2.05, 4.69) is 42.5 Å². The highest BCUT2D eigenvalue weighted by Crippen LogP contribution is 2.45. The molecule has 1 nitrogen and oxygen atoms in total. The molecule has 53 heavy (non-hydrogen) atoms. The molecule has 0 N–H and O–H groups in total. The van der Waals surface area contributed by atoms with Gasteiger partial charge in [-0.1, -0.05) is 170 Å². The third-order valence-electron chi connectivity index (χ3n) is 10.5. The molecular weight excluding hydrogens is 641 g/mol. The van der Waals surface area contributed by atoms with Crippen LogP contribution in [0.1, 0.15) is 8.22 Å². The van der Waals surface area contributed by atoms with E-state index >= 15 is 0 Å². The SMILES string of the molecule is [2H]c1c(-c2c3ccccc3c(-c3ccccc3)c3ccccc23)c([2H])c2c([2H])c([2H])c(-c3ccc4oc5c(-c6cccc7ccccc67)cccc5c4c3)c([2H])c2c1[2H]. The molecule has 0 saturated carbocycles. The van der Waals surface area contributed by atoms with Gasteiger partial charge in [-0.25, -0.2) is 0 Å². The van der Waals surface area contributed by atoms with Gasteiger partial charge in [0.05, 0.1) is 8.22 Å². The van der Waals surface area contributed by atoms with Crippen molar-refractivity contribution >= 4 is 65.0 Å². The van der Waals surface area contributed by atoms with Gasteiger partial charge in [0.15, 0.2) is 0 Å². The Labute approximate surface area is 315 Å². The summed E-state index contributed by atoms with van der Waals surface area (Å²) in [5.41, 5.74) is 6.98. The van der Waals surface area contributed by atoms with Crippen molar-refractivity contribution in [2.45, 2.75) is 0 Å². The number of benzene rings is 10. The molecule has 246 valence electrons. The molecule has 0 saturated heterocycles. The molecule has 0 unspecified atom stereocenters. The van der Waals surface area contributed by atoms with Crippen LogP contribution in [-0.4, -0.2) is 0 Å². The van der Waals surface area contributed by atoms with E-state index in [1.54, 1.807) is 6.07 Å². The first-order chi connectivity index (χ1) is 28.8. The van der Waals surface area contributed by atoms with Gasteiger partial charge < -0.3 is 4.42 Å². The molecule has 11 aromatic rings. The molecule has 1 aromatic heterocycles. The first-order valence-corrected chi connectivity index (χ1v) is 17.8. The first kappa shape index (κ1) is 24.3. The molecule has 1 heterocycles. The summed E-state index contributed by atoms with van der Waals surface area (Å²) < 4.78 is 63.6. The van der Waals surface area contributed by atoms with Gasteiger partial charge in [-0.3, -0.25) is 0 Å². The second-order valence-corrected chi connectivity index (χ2v) is 13.5. The normalized spacial score (nSPS) is 13.4. The smallest absolute Gasteiger partial charge is 0.143 e. The van der Waals surface area contributed by atoms with Crippen molar-refractivity contribution in [1.29, 1.82) is 0 Å². The molecular formula is C52H32O. The standard InChI is InChI=1S/C52H32O/c1-2-13-34(14-3-1)50-42-17-6-8-19-44(42)51(45-20-9-7-18-43(45)50)39-27-26-35-30-36(24-25-37(35)31-39)38-28-29-49-48(32-38)47-23-11-22-46(52(47)53-49)41-21-10-15-33-12-4-5-16-40(33)41/h1-32H/i24D,25D,26D,27D,30D,31D. The zero-order chi connectivity index (χ0) is 40.1. The highest BCUT2D eigenvalue weighted by molar-refractivity contribution is 6.22. The predicted octanol–water partition coefficient (Wildman–Crippen LogP) is 14.9. The van der Waals surface area contributed by atoms with Gasteiger partial charge in [-0.2, -0.15) is 0 Å². The number of fused-ring (bicyclic) bond motifs is 7. The maximum atomic E-state index is 9.71. The van der Waals surface area contributed by atoms with Crippen LogP contribution in [0.2, 0.25) is 0 Å². The van der Waals surface area contributed by atoms with Gasteiger partial charge in [-0.05, 0) is 106 Å². The highest BCUT2D eigenvalue weighted by Gasteiger charge is 2.18. The van der Waals surface area contributed by atoms with E-state index in [9.17, 15) is 8.22 Å². The molecule has 10 aromatic carbocycles. The fourth-order valence-corrected chi connectivity index (χ4v) is 8.08. The number of para-hydroxylation sites is 1. The Morgan fingerprint density at radius 3 is 1.62 bits per heavy atom. The third-order valence-corrected chi connectivity index (χ3v) is 10.5. The fourth-order valence-electron chi connectivity index (χ4n) is 8.08. The van der Waals surface area contributed by atoms with Crippen molar-refractivity contribution < 1.29 is 12.6 Å². The van der Waals surface area contributed by atoms with E-state index < -0.39 is 0 Å². The molecule has 1 heteroatoms. The number of hydrogen-bond acceptors (Lipinski definition) is 1. The van der Waals surface area contributed by atoms with Gasteiger partial charge in [0, 0.05) is 16.3 Å². The molecule has 0 atom stereocenters. The minimum absolute atomic E-state index is 0.0182. The van der Waals surface area contributed by atoms with Crippen molar-refractivity contribution in [3.05, 3.63) is 194 Å². The van der Waals surface area contributed by atoms with Crippen LogP contribution < -0.4 is 0 Å². The Balaban J connectivity index is 1.14. The molecule has 0 fully saturated rings. The van der Waals surface area contributed by atoms with Crippen molar-refractivity contribution in [2.75, 3.05) is 0 Å². The zero-order valence-corrected chi connectivity index (χ0v) is 28.4. The summed E-state index contributed by atoms with van der Waals surface area (Å²) in [5.74, 6) is 0. The average Bonchev–Trinajstić information content (AvgIpc) is 3.65. The van der Waals surface area contributed by atoms with E-state index in [0.29, 0.717) is 16.7 Å². The van der Waals surface area contributed by atoms with Crippen molar-refractivity contribution in [1.82, 2.24) is 0 Å². The Morgan fingerprint density at radius 1 is 0.340 bits per heavy atom. The van der Waals surface area contributed by atoms with Crippen molar-refractivity contribution in [3.63, 3.8) is 0 Å². The van der Waals surface area contributed by atoms with E-state index in [0.717, 1.165) is 70.9 Å². The summed E-state index contributed by atoms with van der Waals surface area (Å²) in [6.07, 6.45) is 0. The van der Waals surface area contributed by atoms with Crippen LogP contribution in [0.15, 0.2) is 198 Å². The minimum Gasteiger partial charge on any atom is -0.455 e. The van der Waals surface area contributed by atoms with Gasteiger partial charge in [0.1, 0.15) is 11.2 Å². The van der Waals surface area contributed by atoms with E-state index in [4.69, 9.17) is 4.42 Å². The van der Waals surface area contributed by atoms with E-state index in [1.165, 1.54) is 0 Å². The van der Waals surface area contributed by atoms with Gasteiger partial charge >= 0.3 is 0 Å². The number of hydrogen-bond donors (Lipinski definition) is 0. The lowest BCUT2D eigenvalue weighted by atomic mass is 9.85. The fraction of sp³-hybridized carbons (Fsp3) is 0. The molecule has 0 radical (unpaired) electrons. The summed E-state index contributed by atoms with van der Waals surface area (Å²) in [6.45, 7) is 0. The van der Waals surface area contributed by atoms with Gasteiger partial charge in [0.2, 0.25) is 0 Å². The monoisotopic (exact) mass is 678 g/mol.